The summed E-state index contributed by atoms with van der Waals surface area (Å²) in [5, 5.41) is 3.07. The van der Waals surface area contributed by atoms with Crippen LogP contribution in [0, 0.1) is 13.8 Å². The summed E-state index contributed by atoms with van der Waals surface area (Å²) in [6, 6.07) is 13.9. The van der Waals surface area contributed by atoms with Gasteiger partial charge in [-0.2, -0.15) is 0 Å². The molecular formula is C22H25N3O2. The molecule has 0 unspecified atom stereocenters. The van der Waals surface area contributed by atoms with Crippen molar-refractivity contribution < 1.29 is 9.59 Å². The van der Waals surface area contributed by atoms with Crippen molar-refractivity contribution in [2.75, 3.05) is 16.3 Å². The van der Waals surface area contributed by atoms with E-state index >= 15 is 0 Å². The van der Waals surface area contributed by atoms with E-state index in [1.54, 1.807) is 4.90 Å². The van der Waals surface area contributed by atoms with Crippen LogP contribution in [-0.4, -0.2) is 30.6 Å². The van der Waals surface area contributed by atoms with Gasteiger partial charge in [0.15, 0.2) is 0 Å². The van der Waals surface area contributed by atoms with Crippen LogP contribution in [0.3, 0.4) is 0 Å². The molecule has 4 rings (SSSR count). The van der Waals surface area contributed by atoms with Gasteiger partial charge in [-0.1, -0.05) is 24.3 Å². The van der Waals surface area contributed by atoms with Crippen molar-refractivity contribution in [3.8, 4) is 0 Å². The lowest BCUT2D eigenvalue weighted by Crippen LogP contribution is -2.48. The van der Waals surface area contributed by atoms with E-state index in [0.717, 1.165) is 23.4 Å². The van der Waals surface area contributed by atoms with Gasteiger partial charge in [0, 0.05) is 30.4 Å². The molecule has 1 saturated heterocycles. The van der Waals surface area contributed by atoms with E-state index in [9.17, 15) is 9.59 Å². The molecule has 0 spiro atoms. The van der Waals surface area contributed by atoms with Crippen molar-refractivity contribution in [2.45, 2.75) is 45.7 Å². The van der Waals surface area contributed by atoms with Gasteiger partial charge < -0.3 is 10.2 Å². The summed E-state index contributed by atoms with van der Waals surface area (Å²) in [6.07, 6.45) is 1.20. The Morgan fingerprint density at radius 2 is 1.85 bits per heavy atom. The van der Waals surface area contributed by atoms with Crippen LogP contribution in [0.5, 0.6) is 0 Å². The number of rotatable bonds is 2. The number of carbonyl (C=O) groups excluding carboxylic acids is 2. The number of aryl methyl sites for hydroxylation is 2. The lowest BCUT2D eigenvalue weighted by atomic mass is 10.1. The lowest BCUT2D eigenvalue weighted by molar-refractivity contribution is -0.117. The Morgan fingerprint density at radius 3 is 2.63 bits per heavy atom. The number of para-hydroxylation sites is 1. The molecule has 5 heteroatoms. The number of hydrogen-bond acceptors (Lipinski definition) is 2. The summed E-state index contributed by atoms with van der Waals surface area (Å²) in [5.41, 5.74) is 5.43. The van der Waals surface area contributed by atoms with Crippen LogP contribution in [0.4, 0.5) is 16.2 Å². The Labute approximate surface area is 160 Å². The number of fused-ring (bicyclic) bond motifs is 1. The molecule has 2 aliphatic rings. The summed E-state index contributed by atoms with van der Waals surface area (Å²) in [4.78, 5) is 29.0. The summed E-state index contributed by atoms with van der Waals surface area (Å²) in [7, 11) is 0. The van der Waals surface area contributed by atoms with E-state index in [1.807, 2.05) is 48.2 Å². The number of amides is 3. The normalized spacial score (nSPS) is 21.5. The van der Waals surface area contributed by atoms with Gasteiger partial charge in [0.2, 0.25) is 5.91 Å². The largest absolute Gasteiger partial charge is 0.333 e. The van der Waals surface area contributed by atoms with Gasteiger partial charge >= 0.3 is 6.03 Å². The summed E-state index contributed by atoms with van der Waals surface area (Å²) >= 11 is 0. The Bertz CT molecular complexity index is 908. The average molecular weight is 363 g/mol. The first-order valence-corrected chi connectivity index (χ1v) is 9.49. The zero-order valence-corrected chi connectivity index (χ0v) is 16.0. The fourth-order valence-electron chi connectivity index (χ4n) is 4.07. The molecule has 1 N–H and O–H groups in total. The Morgan fingerprint density at radius 1 is 1.07 bits per heavy atom. The smallest absolute Gasteiger partial charge is 0.322 e. The monoisotopic (exact) mass is 363 g/mol. The molecule has 27 heavy (non-hydrogen) atoms. The highest BCUT2D eigenvalue weighted by Crippen LogP contribution is 2.32. The maximum absolute atomic E-state index is 12.9. The van der Waals surface area contributed by atoms with Gasteiger partial charge in [0.25, 0.3) is 0 Å². The number of nitrogens with one attached hydrogen (secondary N) is 1. The molecule has 2 aromatic rings. The van der Waals surface area contributed by atoms with Gasteiger partial charge in [-0.05, 0) is 62.1 Å². The third kappa shape index (κ3) is 3.18. The van der Waals surface area contributed by atoms with Crippen molar-refractivity contribution in [1.82, 2.24) is 5.32 Å². The Balaban J connectivity index is 1.47. The number of carbonyl (C=O) groups is 2. The molecule has 1 fully saturated rings. The summed E-state index contributed by atoms with van der Waals surface area (Å²) < 4.78 is 0. The van der Waals surface area contributed by atoms with E-state index < -0.39 is 0 Å². The number of benzene rings is 2. The predicted molar refractivity (Wildman–Crippen MR) is 107 cm³/mol. The third-order valence-corrected chi connectivity index (χ3v) is 5.68. The molecule has 2 aliphatic heterocycles. The first kappa shape index (κ1) is 17.6. The van der Waals surface area contributed by atoms with E-state index in [1.165, 1.54) is 11.1 Å². The molecule has 5 nitrogen and oxygen atoms in total. The molecule has 2 aromatic carbocycles. The highest BCUT2D eigenvalue weighted by Gasteiger charge is 2.35. The second-order valence-electron chi connectivity index (χ2n) is 7.68. The minimum Gasteiger partial charge on any atom is -0.333 e. The minimum atomic E-state index is -0.174. The molecule has 2 heterocycles. The zero-order chi connectivity index (χ0) is 19.1. The Kier molecular flexibility index (Phi) is 4.38. The number of urea groups is 1. The SMILES string of the molecule is Cc1ccc(N2C[C@@H](NC(=O)N3c4ccccc4C[C@@H]3C)CC2=O)cc1C. The van der Waals surface area contributed by atoms with Crippen LogP contribution < -0.4 is 15.1 Å². The highest BCUT2D eigenvalue weighted by molar-refractivity contribution is 5.99. The number of anilines is 2. The molecular weight excluding hydrogens is 338 g/mol. The van der Waals surface area contributed by atoms with E-state index in [0.29, 0.717) is 13.0 Å². The first-order valence-electron chi connectivity index (χ1n) is 9.49. The Hall–Kier alpha value is -2.82. The van der Waals surface area contributed by atoms with Gasteiger partial charge in [0.1, 0.15) is 0 Å². The quantitative estimate of drug-likeness (QED) is 0.887. The van der Waals surface area contributed by atoms with Crippen molar-refractivity contribution >= 4 is 23.3 Å². The maximum Gasteiger partial charge on any atom is 0.322 e. The molecule has 0 aliphatic carbocycles. The fourth-order valence-corrected chi connectivity index (χ4v) is 4.07. The maximum atomic E-state index is 12.9. The second-order valence-corrected chi connectivity index (χ2v) is 7.68. The van der Waals surface area contributed by atoms with E-state index in [-0.39, 0.29) is 24.0 Å². The summed E-state index contributed by atoms with van der Waals surface area (Å²) in [6.45, 7) is 6.67. The number of nitrogens with zero attached hydrogens (tertiary/aromatic N) is 2. The highest BCUT2D eigenvalue weighted by atomic mass is 16.2. The van der Waals surface area contributed by atoms with Crippen LogP contribution in [-0.2, 0) is 11.2 Å². The summed E-state index contributed by atoms with van der Waals surface area (Å²) in [5.74, 6) is 0.0541. The van der Waals surface area contributed by atoms with E-state index in [2.05, 4.69) is 25.2 Å². The van der Waals surface area contributed by atoms with Gasteiger partial charge in [-0.15, -0.1) is 0 Å². The van der Waals surface area contributed by atoms with Crippen LogP contribution in [0.2, 0.25) is 0 Å². The lowest BCUT2D eigenvalue weighted by Gasteiger charge is -2.25. The van der Waals surface area contributed by atoms with Gasteiger partial charge in [-0.25, -0.2) is 4.79 Å². The molecule has 0 radical (unpaired) electrons. The van der Waals surface area contributed by atoms with Crippen LogP contribution in [0.15, 0.2) is 42.5 Å². The first-order chi connectivity index (χ1) is 12.9. The van der Waals surface area contributed by atoms with Crippen molar-refractivity contribution in [3.63, 3.8) is 0 Å². The molecule has 0 aromatic heterocycles. The van der Waals surface area contributed by atoms with Crippen molar-refractivity contribution in [3.05, 3.63) is 59.2 Å². The average Bonchev–Trinajstić information content (AvgIpc) is 3.16. The molecule has 0 saturated carbocycles. The zero-order valence-electron chi connectivity index (χ0n) is 16.0. The third-order valence-electron chi connectivity index (χ3n) is 5.68. The standard InChI is InChI=1S/C22H25N3O2/c1-14-8-9-19(10-15(14)2)24-13-18(12-21(24)26)23-22(27)25-16(3)11-17-6-4-5-7-20(17)25/h4-10,16,18H,11-13H2,1-3H3,(H,23,27)/t16-,18-/m0/s1. The molecule has 2 atom stereocenters. The van der Waals surface area contributed by atoms with Crippen molar-refractivity contribution in [1.29, 1.82) is 0 Å². The van der Waals surface area contributed by atoms with Crippen LogP contribution in [0.1, 0.15) is 30.0 Å². The van der Waals surface area contributed by atoms with Crippen LogP contribution in [0.25, 0.3) is 0 Å². The molecule has 3 amide bonds. The number of hydrogen-bond donors (Lipinski definition) is 1. The topological polar surface area (TPSA) is 52.7 Å². The predicted octanol–water partition coefficient (Wildman–Crippen LogP) is 3.57. The van der Waals surface area contributed by atoms with Gasteiger partial charge in [-0.3, -0.25) is 9.69 Å². The molecule has 140 valence electrons. The van der Waals surface area contributed by atoms with Crippen LogP contribution >= 0.6 is 0 Å². The fraction of sp³-hybridized carbons (Fsp3) is 0.364. The van der Waals surface area contributed by atoms with E-state index in [4.69, 9.17) is 0 Å². The minimum absolute atomic E-state index is 0.0541. The van der Waals surface area contributed by atoms with Gasteiger partial charge in [0.05, 0.1) is 6.04 Å². The van der Waals surface area contributed by atoms with Crippen molar-refractivity contribution in [2.24, 2.45) is 0 Å². The second kappa shape index (κ2) is 6.72. The molecule has 0 bridgehead atoms.